The SMILES string of the molecule is O=S1(=O)C[C@H]2NCCN(c3cc(C(F)F)nc4ccc(Cl)cc34)[C@H]2C1. The van der Waals surface area contributed by atoms with E-state index in [9.17, 15) is 17.2 Å². The Morgan fingerprint density at radius 1 is 1.28 bits per heavy atom. The summed E-state index contributed by atoms with van der Waals surface area (Å²) in [5.74, 6) is 0.0820. The summed E-state index contributed by atoms with van der Waals surface area (Å²) in [7, 11) is -3.15. The number of rotatable bonds is 2. The molecular formula is C16H16ClF2N3O2S. The normalized spacial score (nSPS) is 25.5. The Morgan fingerprint density at radius 3 is 2.84 bits per heavy atom. The van der Waals surface area contributed by atoms with Gasteiger partial charge in [0.1, 0.15) is 5.69 Å². The van der Waals surface area contributed by atoms with Crippen LogP contribution in [0.25, 0.3) is 10.9 Å². The fourth-order valence-corrected chi connectivity index (χ4v) is 5.84. The molecule has 0 spiro atoms. The summed E-state index contributed by atoms with van der Waals surface area (Å²) in [6.45, 7) is 1.12. The molecule has 0 bridgehead atoms. The Balaban J connectivity index is 1.88. The number of fused-ring (bicyclic) bond motifs is 2. The Morgan fingerprint density at radius 2 is 2.08 bits per heavy atom. The number of aromatic nitrogens is 1. The first-order valence-electron chi connectivity index (χ1n) is 7.93. The molecule has 0 unspecified atom stereocenters. The largest absolute Gasteiger partial charge is 0.364 e. The zero-order valence-electron chi connectivity index (χ0n) is 13.1. The van der Waals surface area contributed by atoms with E-state index in [-0.39, 0.29) is 29.3 Å². The second-order valence-electron chi connectivity index (χ2n) is 6.43. The van der Waals surface area contributed by atoms with Gasteiger partial charge in [-0.25, -0.2) is 22.2 Å². The van der Waals surface area contributed by atoms with Gasteiger partial charge in [0.05, 0.1) is 23.1 Å². The van der Waals surface area contributed by atoms with Crippen molar-refractivity contribution in [1.29, 1.82) is 0 Å². The van der Waals surface area contributed by atoms with Crippen molar-refractivity contribution in [1.82, 2.24) is 10.3 Å². The first-order valence-corrected chi connectivity index (χ1v) is 10.1. The maximum atomic E-state index is 13.3. The summed E-state index contributed by atoms with van der Waals surface area (Å²) in [6.07, 6.45) is -2.70. The summed E-state index contributed by atoms with van der Waals surface area (Å²) in [5, 5.41) is 4.35. The minimum atomic E-state index is -3.15. The monoisotopic (exact) mass is 387 g/mol. The van der Waals surface area contributed by atoms with Crippen molar-refractivity contribution in [3.8, 4) is 0 Å². The van der Waals surface area contributed by atoms with Gasteiger partial charge in [-0.2, -0.15) is 0 Å². The number of halogens is 3. The number of hydrogen-bond acceptors (Lipinski definition) is 5. The Hall–Kier alpha value is -1.51. The number of hydrogen-bond donors (Lipinski definition) is 1. The van der Waals surface area contributed by atoms with Gasteiger partial charge < -0.3 is 10.2 Å². The van der Waals surface area contributed by atoms with Crippen LogP contribution in [0.4, 0.5) is 14.5 Å². The van der Waals surface area contributed by atoms with Crippen LogP contribution in [0.2, 0.25) is 5.02 Å². The van der Waals surface area contributed by atoms with Crippen molar-refractivity contribution in [3.05, 3.63) is 35.0 Å². The number of anilines is 1. The lowest BCUT2D eigenvalue weighted by Gasteiger charge is -2.39. The molecule has 2 fully saturated rings. The first kappa shape index (κ1) is 16.9. The summed E-state index contributed by atoms with van der Waals surface area (Å²) in [6, 6.07) is 5.78. The Labute approximate surface area is 148 Å². The topological polar surface area (TPSA) is 62.3 Å². The van der Waals surface area contributed by atoms with Crippen LogP contribution in [0.15, 0.2) is 24.3 Å². The van der Waals surface area contributed by atoms with Gasteiger partial charge in [-0.05, 0) is 24.3 Å². The molecule has 0 amide bonds. The lowest BCUT2D eigenvalue weighted by molar-refractivity contribution is 0.146. The smallest absolute Gasteiger partial charge is 0.280 e. The lowest BCUT2D eigenvalue weighted by atomic mass is 10.0. The van der Waals surface area contributed by atoms with Crippen molar-refractivity contribution in [3.63, 3.8) is 0 Å². The van der Waals surface area contributed by atoms with E-state index in [1.807, 2.05) is 4.90 Å². The van der Waals surface area contributed by atoms with Gasteiger partial charge >= 0.3 is 0 Å². The quantitative estimate of drug-likeness (QED) is 0.857. The molecule has 2 saturated heterocycles. The number of piperazine rings is 1. The van der Waals surface area contributed by atoms with Gasteiger partial charge in [-0.1, -0.05) is 11.6 Å². The number of benzene rings is 1. The third kappa shape index (κ3) is 3.07. The van der Waals surface area contributed by atoms with Crippen molar-refractivity contribution in [2.45, 2.75) is 18.5 Å². The fourth-order valence-electron chi connectivity index (χ4n) is 3.72. The lowest BCUT2D eigenvalue weighted by Crippen LogP contribution is -2.57. The van der Waals surface area contributed by atoms with E-state index in [1.54, 1.807) is 18.2 Å². The summed E-state index contributed by atoms with van der Waals surface area (Å²) >= 11 is 6.09. The second kappa shape index (κ2) is 6.03. The highest BCUT2D eigenvalue weighted by Crippen LogP contribution is 2.35. The summed E-state index contributed by atoms with van der Waals surface area (Å²) in [4.78, 5) is 5.93. The van der Waals surface area contributed by atoms with Crippen LogP contribution in [0.3, 0.4) is 0 Å². The zero-order chi connectivity index (χ0) is 17.8. The number of alkyl halides is 2. The predicted octanol–water partition coefficient (Wildman–Crippen LogP) is 2.40. The van der Waals surface area contributed by atoms with E-state index in [0.29, 0.717) is 34.7 Å². The van der Waals surface area contributed by atoms with E-state index < -0.39 is 16.3 Å². The highest BCUT2D eigenvalue weighted by atomic mass is 35.5. The van der Waals surface area contributed by atoms with Crippen LogP contribution in [0.1, 0.15) is 12.1 Å². The van der Waals surface area contributed by atoms with Crippen LogP contribution in [-0.2, 0) is 9.84 Å². The van der Waals surface area contributed by atoms with Gasteiger partial charge in [0.25, 0.3) is 6.43 Å². The number of nitrogens with one attached hydrogen (secondary N) is 1. The third-order valence-electron chi connectivity index (χ3n) is 4.78. The van der Waals surface area contributed by atoms with E-state index in [4.69, 9.17) is 11.6 Å². The molecule has 25 heavy (non-hydrogen) atoms. The molecule has 2 atom stereocenters. The molecule has 3 heterocycles. The fraction of sp³-hybridized carbons (Fsp3) is 0.438. The first-order chi connectivity index (χ1) is 11.8. The maximum Gasteiger partial charge on any atom is 0.280 e. The predicted molar refractivity (Wildman–Crippen MR) is 93.3 cm³/mol. The van der Waals surface area contributed by atoms with Gasteiger partial charge in [-0.15, -0.1) is 0 Å². The zero-order valence-corrected chi connectivity index (χ0v) is 14.7. The number of sulfone groups is 1. The standard InChI is InChI=1S/C16H16ClF2N3O2S/c17-9-1-2-11-10(5-9)14(6-12(21-11)16(18)19)22-4-3-20-13-7-25(23,24)8-15(13)22/h1-2,5-6,13,15-16,20H,3-4,7-8H2/t13-,15+/m1/s1. The molecule has 2 aliphatic heterocycles. The molecule has 4 rings (SSSR count). The maximum absolute atomic E-state index is 13.3. The average Bonchev–Trinajstić information content (AvgIpc) is 2.87. The van der Waals surface area contributed by atoms with Crippen molar-refractivity contribution >= 4 is 38.0 Å². The van der Waals surface area contributed by atoms with Crippen LogP contribution >= 0.6 is 11.6 Å². The van der Waals surface area contributed by atoms with Crippen molar-refractivity contribution < 1.29 is 17.2 Å². The van der Waals surface area contributed by atoms with Crippen LogP contribution < -0.4 is 10.2 Å². The molecule has 1 aromatic carbocycles. The number of pyridine rings is 1. The van der Waals surface area contributed by atoms with Gasteiger partial charge in [0, 0.05) is 35.2 Å². The molecule has 1 N–H and O–H groups in total. The summed E-state index contributed by atoms with van der Waals surface area (Å²) < 4.78 is 50.7. The summed E-state index contributed by atoms with van der Waals surface area (Å²) in [5.41, 5.74) is 0.672. The van der Waals surface area contributed by atoms with Crippen LogP contribution in [-0.4, -0.2) is 50.1 Å². The molecule has 1 aromatic heterocycles. The van der Waals surface area contributed by atoms with Gasteiger partial charge in [0.2, 0.25) is 0 Å². The van der Waals surface area contributed by atoms with E-state index in [1.165, 1.54) is 6.07 Å². The van der Waals surface area contributed by atoms with E-state index in [2.05, 4.69) is 10.3 Å². The molecule has 2 aromatic rings. The number of nitrogens with zero attached hydrogens (tertiary/aromatic N) is 2. The van der Waals surface area contributed by atoms with Gasteiger partial charge in [-0.3, -0.25) is 0 Å². The average molecular weight is 388 g/mol. The van der Waals surface area contributed by atoms with Crippen LogP contribution in [0.5, 0.6) is 0 Å². The minimum Gasteiger partial charge on any atom is -0.364 e. The van der Waals surface area contributed by atoms with Crippen LogP contribution in [0, 0.1) is 0 Å². The van der Waals surface area contributed by atoms with E-state index >= 15 is 0 Å². The molecule has 2 aliphatic rings. The van der Waals surface area contributed by atoms with Crippen molar-refractivity contribution in [2.75, 3.05) is 29.5 Å². The molecule has 5 nitrogen and oxygen atoms in total. The molecular weight excluding hydrogens is 372 g/mol. The second-order valence-corrected chi connectivity index (χ2v) is 9.02. The third-order valence-corrected chi connectivity index (χ3v) is 6.74. The molecule has 0 radical (unpaired) electrons. The highest BCUT2D eigenvalue weighted by Gasteiger charge is 2.43. The highest BCUT2D eigenvalue weighted by molar-refractivity contribution is 7.91. The Bertz CT molecular complexity index is 938. The van der Waals surface area contributed by atoms with Gasteiger partial charge in [0.15, 0.2) is 9.84 Å². The molecule has 0 saturated carbocycles. The molecule has 134 valence electrons. The van der Waals surface area contributed by atoms with E-state index in [0.717, 1.165) is 0 Å². The minimum absolute atomic E-state index is 0.0130. The van der Waals surface area contributed by atoms with Crippen molar-refractivity contribution in [2.24, 2.45) is 0 Å². The molecule has 0 aliphatic carbocycles. The Kier molecular flexibility index (Phi) is 4.09. The molecule has 9 heteroatoms.